The van der Waals surface area contributed by atoms with Gasteiger partial charge >= 0.3 is 5.97 Å². The molecule has 0 aliphatic heterocycles. The van der Waals surface area contributed by atoms with Gasteiger partial charge in [-0.3, -0.25) is 0 Å². The zero-order valence-electron chi connectivity index (χ0n) is 9.86. The van der Waals surface area contributed by atoms with Gasteiger partial charge in [0, 0.05) is 6.61 Å². The Morgan fingerprint density at radius 1 is 1.47 bits per heavy atom. The van der Waals surface area contributed by atoms with Crippen LogP contribution in [0.1, 0.15) is 33.6 Å². The van der Waals surface area contributed by atoms with Crippen molar-refractivity contribution in [2.45, 2.75) is 39.7 Å². The number of carboxylic acid groups (broad SMARTS) is 1. The number of ether oxygens (including phenoxy) is 1. The van der Waals surface area contributed by atoms with Crippen LogP contribution in [-0.2, 0) is 9.53 Å². The lowest BCUT2D eigenvalue weighted by atomic mass is 10.2. The molecule has 1 N–H and O–H groups in total. The molecule has 0 aliphatic carbocycles. The van der Waals surface area contributed by atoms with E-state index < -0.39 is 12.1 Å². The first kappa shape index (κ1) is 14.8. The van der Waals surface area contributed by atoms with Gasteiger partial charge in [-0.05, 0) is 30.8 Å². The second-order valence-corrected chi connectivity index (χ2v) is 4.81. The van der Waals surface area contributed by atoms with Crippen molar-refractivity contribution < 1.29 is 14.6 Å². The highest BCUT2D eigenvalue weighted by Gasteiger charge is 2.16. The van der Waals surface area contributed by atoms with E-state index >= 15 is 0 Å². The number of carbonyl (C=O) groups is 1. The number of hydrogen-bond donors (Lipinski definition) is 1. The summed E-state index contributed by atoms with van der Waals surface area (Å²) in [4.78, 5) is 10.7. The lowest BCUT2D eigenvalue weighted by molar-refractivity contribution is -0.150. The Morgan fingerprint density at radius 3 is 2.60 bits per heavy atom. The van der Waals surface area contributed by atoms with E-state index in [1.54, 1.807) is 0 Å². The molecule has 90 valence electrons. The molecule has 0 aromatic rings. The van der Waals surface area contributed by atoms with E-state index in [1.165, 1.54) is 6.42 Å². The summed E-state index contributed by atoms with van der Waals surface area (Å²) in [6.45, 7) is 6.67. The first-order valence-electron chi connectivity index (χ1n) is 5.53. The van der Waals surface area contributed by atoms with Crippen LogP contribution in [0.4, 0.5) is 0 Å². The summed E-state index contributed by atoms with van der Waals surface area (Å²) in [7, 11) is 0. The second kappa shape index (κ2) is 9.04. The molecule has 4 heteroatoms. The SMILES string of the molecule is CCOC(CCSCC(C)CC)C(=O)O. The van der Waals surface area contributed by atoms with E-state index in [9.17, 15) is 4.79 Å². The third kappa shape index (κ3) is 7.68. The summed E-state index contributed by atoms with van der Waals surface area (Å²) in [6.07, 6.45) is 1.16. The Morgan fingerprint density at radius 2 is 2.13 bits per heavy atom. The predicted molar refractivity (Wildman–Crippen MR) is 64.4 cm³/mol. The van der Waals surface area contributed by atoms with E-state index in [0.29, 0.717) is 18.9 Å². The van der Waals surface area contributed by atoms with Crippen LogP contribution >= 0.6 is 11.8 Å². The van der Waals surface area contributed by atoms with Crippen molar-refractivity contribution in [1.82, 2.24) is 0 Å². The largest absolute Gasteiger partial charge is 0.479 e. The fourth-order valence-electron chi connectivity index (χ4n) is 1.07. The van der Waals surface area contributed by atoms with Crippen LogP contribution in [0.25, 0.3) is 0 Å². The van der Waals surface area contributed by atoms with Gasteiger partial charge in [-0.1, -0.05) is 20.3 Å². The minimum atomic E-state index is -0.846. The van der Waals surface area contributed by atoms with Gasteiger partial charge in [0.2, 0.25) is 0 Å². The summed E-state index contributed by atoms with van der Waals surface area (Å²) < 4.78 is 5.12. The first-order valence-corrected chi connectivity index (χ1v) is 6.69. The molecular weight excluding hydrogens is 212 g/mol. The average molecular weight is 234 g/mol. The molecule has 0 bridgehead atoms. The minimum absolute atomic E-state index is 0.465. The summed E-state index contributed by atoms with van der Waals surface area (Å²) in [6, 6.07) is 0. The molecule has 0 heterocycles. The van der Waals surface area contributed by atoms with E-state index in [1.807, 2.05) is 18.7 Å². The van der Waals surface area contributed by atoms with Crippen LogP contribution in [0.3, 0.4) is 0 Å². The standard InChI is InChI=1S/C11H22O3S/c1-4-9(3)8-15-7-6-10(11(12)13)14-5-2/h9-10H,4-8H2,1-3H3,(H,12,13). The highest BCUT2D eigenvalue weighted by Crippen LogP contribution is 2.14. The van der Waals surface area contributed by atoms with Crippen LogP contribution in [0.15, 0.2) is 0 Å². The van der Waals surface area contributed by atoms with Crippen LogP contribution < -0.4 is 0 Å². The first-order chi connectivity index (χ1) is 7.11. The van der Waals surface area contributed by atoms with Gasteiger partial charge < -0.3 is 9.84 Å². The third-order valence-electron chi connectivity index (χ3n) is 2.27. The molecule has 15 heavy (non-hydrogen) atoms. The van der Waals surface area contributed by atoms with Gasteiger partial charge in [-0.15, -0.1) is 0 Å². The van der Waals surface area contributed by atoms with Crippen molar-refractivity contribution in [2.24, 2.45) is 5.92 Å². The predicted octanol–water partition coefficient (Wildman–Crippen LogP) is 2.65. The molecule has 0 rings (SSSR count). The van der Waals surface area contributed by atoms with Crippen molar-refractivity contribution in [3.63, 3.8) is 0 Å². The summed E-state index contributed by atoms with van der Waals surface area (Å²) in [5, 5.41) is 8.82. The molecule has 0 spiro atoms. The molecule has 0 aromatic carbocycles. The topological polar surface area (TPSA) is 46.5 Å². The zero-order valence-corrected chi connectivity index (χ0v) is 10.7. The molecule has 0 aromatic heterocycles. The molecule has 0 aliphatic rings. The van der Waals surface area contributed by atoms with Crippen LogP contribution in [0, 0.1) is 5.92 Å². The van der Waals surface area contributed by atoms with E-state index in [-0.39, 0.29) is 0 Å². The van der Waals surface area contributed by atoms with Crippen LogP contribution in [-0.4, -0.2) is 35.3 Å². The van der Waals surface area contributed by atoms with Crippen LogP contribution in [0.2, 0.25) is 0 Å². The normalized spacial score (nSPS) is 14.9. The molecule has 2 atom stereocenters. The van der Waals surface area contributed by atoms with Crippen LogP contribution in [0.5, 0.6) is 0 Å². The lowest BCUT2D eigenvalue weighted by Gasteiger charge is -2.12. The van der Waals surface area contributed by atoms with Crippen molar-refractivity contribution in [3.8, 4) is 0 Å². The zero-order chi connectivity index (χ0) is 11.7. The molecule has 0 saturated carbocycles. The Labute approximate surface area is 96.6 Å². The third-order valence-corrected chi connectivity index (χ3v) is 3.60. The average Bonchev–Trinajstić information content (AvgIpc) is 2.21. The van der Waals surface area contributed by atoms with Crippen molar-refractivity contribution >= 4 is 17.7 Å². The van der Waals surface area contributed by atoms with Crippen molar-refractivity contribution in [3.05, 3.63) is 0 Å². The number of aliphatic carboxylic acids is 1. The maximum Gasteiger partial charge on any atom is 0.332 e. The molecule has 0 saturated heterocycles. The molecule has 0 fully saturated rings. The summed E-state index contributed by atoms with van der Waals surface area (Å²) in [5.41, 5.74) is 0. The van der Waals surface area contributed by atoms with Crippen molar-refractivity contribution in [2.75, 3.05) is 18.1 Å². The smallest absolute Gasteiger partial charge is 0.332 e. The quantitative estimate of drug-likeness (QED) is 0.623. The lowest BCUT2D eigenvalue weighted by Crippen LogP contribution is -2.24. The number of rotatable bonds is 9. The second-order valence-electron chi connectivity index (χ2n) is 3.66. The fourth-order valence-corrected chi connectivity index (χ4v) is 2.26. The maximum absolute atomic E-state index is 10.7. The van der Waals surface area contributed by atoms with Gasteiger partial charge in [-0.2, -0.15) is 11.8 Å². The fraction of sp³-hybridized carbons (Fsp3) is 0.909. The maximum atomic E-state index is 10.7. The monoisotopic (exact) mass is 234 g/mol. The Kier molecular flexibility index (Phi) is 8.91. The Bertz CT molecular complexity index is 173. The minimum Gasteiger partial charge on any atom is -0.479 e. The number of hydrogen-bond acceptors (Lipinski definition) is 3. The van der Waals surface area contributed by atoms with Gasteiger partial charge in [0.1, 0.15) is 0 Å². The van der Waals surface area contributed by atoms with E-state index in [2.05, 4.69) is 13.8 Å². The van der Waals surface area contributed by atoms with Gasteiger partial charge in [0.15, 0.2) is 6.10 Å². The molecule has 0 radical (unpaired) electrons. The molecule has 2 unspecified atom stereocenters. The Hall–Kier alpha value is -0.220. The van der Waals surface area contributed by atoms with Gasteiger partial charge in [0.05, 0.1) is 0 Å². The molecule has 0 amide bonds. The van der Waals surface area contributed by atoms with E-state index in [0.717, 1.165) is 11.5 Å². The molecular formula is C11H22O3S. The number of thioether (sulfide) groups is 1. The van der Waals surface area contributed by atoms with Crippen molar-refractivity contribution in [1.29, 1.82) is 0 Å². The highest BCUT2D eigenvalue weighted by atomic mass is 32.2. The molecule has 3 nitrogen and oxygen atoms in total. The summed E-state index contributed by atoms with van der Waals surface area (Å²) in [5.74, 6) is 1.84. The van der Waals surface area contributed by atoms with Gasteiger partial charge in [0.25, 0.3) is 0 Å². The van der Waals surface area contributed by atoms with Gasteiger partial charge in [-0.25, -0.2) is 4.79 Å². The summed E-state index contributed by atoms with van der Waals surface area (Å²) >= 11 is 1.81. The number of carboxylic acids is 1. The highest BCUT2D eigenvalue weighted by molar-refractivity contribution is 7.99. The Balaban J connectivity index is 3.58. The van der Waals surface area contributed by atoms with E-state index in [4.69, 9.17) is 9.84 Å².